The second-order valence-corrected chi connectivity index (χ2v) is 6.73. The molecule has 3 N–H and O–H groups in total. The molecule has 0 radical (unpaired) electrons. The van der Waals surface area contributed by atoms with Crippen molar-refractivity contribution in [1.29, 1.82) is 0 Å². The average Bonchev–Trinajstić information content (AvgIpc) is 2.89. The summed E-state index contributed by atoms with van der Waals surface area (Å²) < 4.78 is 5.15. The summed E-state index contributed by atoms with van der Waals surface area (Å²) in [5, 5.41) is 16.1. The van der Waals surface area contributed by atoms with Gasteiger partial charge >= 0.3 is 0 Å². The summed E-state index contributed by atoms with van der Waals surface area (Å²) in [4.78, 5) is 12.4. The molecule has 1 aliphatic heterocycles. The minimum Gasteiger partial charge on any atom is -0.367 e. The van der Waals surface area contributed by atoms with Gasteiger partial charge in [0.1, 0.15) is 0 Å². The fraction of sp³-hybridized carbons (Fsp3) is 0.611. The molecule has 1 fully saturated rings. The van der Waals surface area contributed by atoms with Gasteiger partial charge in [0.05, 0.1) is 12.6 Å². The van der Waals surface area contributed by atoms with E-state index in [2.05, 4.69) is 24.5 Å². The normalized spacial score (nSPS) is 22.3. The van der Waals surface area contributed by atoms with Crippen molar-refractivity contribution in [3.05, 3.63) is 35.4 Å². The van der Waals surface area contributed by atoms with Crippen molar-refractivity contribution in [2.24, 2.45) is 5.92 Å². The van der Waals surface area contributed by atoms with Crippen LogP contribution in [-0.4, -0.2) is 42.5 Å². The van der Waals surface area contributed by atoms with E-state index >= 15 is 0 Å². The van der Waals surface area contributed by atoms with Gasteiger partial charge in [-0.1, -0.05) is 31.5 Å². The Morgan fingerprint density at radius 3 is 2.83 bits per heavy atom. The van der Waals surface area contributed by atoms with Gasteiger partial charge in [-0.25, -0.2) is 0 Å². The van der Waals surface area contributed by atoms with E-state index in [4.69, 9.17) is 4.74 Å². The van der Waals surface area contributed by atoms with Crippen LogP contribution in [0.25, 0.3) is 0 Å². The van der Waals surface area contributed by atoms with Crippen molar-refractivity contribution < 1.29 is 14.6 Å². The second kappa shape index (κ2) is 8.43. The quantitative estimate of drug-likeness (QED) is 0.717. The third kappa shape index (κ3) is 5.61. The number of carbonyl (C=O) groups is 1. The van der Waals surface area contributed by atoms with E-state index in [9.17, 15) is 9.90 Å². The first-order valence-electron chi connectivity index (χ1n) is 8.36. The monoisotopic (exact) mass is 320 g/mol. The maximum absolute atomic E-state index is 12.4. The summed E-state index contributed by atoms with van der Waals surface area (Å²) in [7, 11) is 0. The molecule has 1 aromatic rings. The number of hydrogen-bond acceptors (Lipinski definition) is 4. The van der Waals surface area contributed by atoms with Crippen LogP contribution in [0, 0.1) is 12.8 Å². The van der Waals surface area contributed by atoms with Crippen LogP contribution in [0.3, 0.4) is 0 Å². The standard InChI is InChI=1S/C18H28N2O3/c1-12(2)9-15(11-19-16-7-8-23-18(16)22)20-17(21)14-6-4-5-13(3)10-14/h4-6,10,12,15-16,18-19,22H,7-9,11H2,1-3H3,(H,20,21)/t15-,16+,18?/m1/s1. The first-order chi connectivity index (χ1) is 11.0. The summed E-state index contributed by atoms with van der Waals surface area (Å²) in [6.45, 7) is 7.45. The first-order valence-corrected chi connectivity index (χ1v) is 8.36. The fourth-order valence-electron chi connectivity index (χ4n) is 2.89. The minimum absolute atomic E-state index is 0.0239. The molecule has 0 spiro atoms. The van der Waals surface area contributed by atoms with Crippen LogP contribution in [-0.2, 0) is 4.74 Å². The second-order valence-electron chi connectivity index (χ2n) is 6.73. The van der Waals surface area contributed by atoms with Gasteiger partial charge in [0, 0.05) is 18.2 Å². The van der Waals surface area contributed by atoms with Crippen molar-refractivity contribution >= 4 is 5.91 Å². The lowest BCUT2D eigenvalue weighted by atomic mass is 10.0. The Labute approximate surface area is 138 Å². The van der Waals surface area contributed by atoms with Crippen molar-refractivity contribution in [3.8, 4) is 0 Å². The average molecular weight is 320 g/mol. The molecule has 128 valence electrons. The van der Waals surface area contributed by atoms with Crippen LogP contribution in [0.15, 0.2) is 24.3 Å². The molecule has 1 aliphatic rings. The van der Waals surface area contributed by atoms with Gasteiger partial charge in [-0.2, -0.15) is 0 Å². The number of amides is 1. The summed E-state index contributed by atoms with van der Waals surface area (Å²) in [5.74, 6) is 0.425. The molecule has 5 nitrogen and oxygen atoms in total. The molecular weight excluding hydrogens is 292 g/mol. The van der Waals surface area contributed by atoms with Gasteiger partial charge in [0.2, 0.25) is 0 Å². The van der Waals surface area contributed by atoms with Crippen LogP contribution in [0.5, 0.6) is 0 Å². The van der Waals surface area contributed by atoms with Crippen molar-refractivity contribution in [2.45, 2.75) is 52.0 Å². The molecule has 1 aromatic carbocycles. The van der Waals surface area contributed by atoms with Crippen LogP contribution in [0.4, 0.5) is 0 Å². The zero-order chi connectivity index (χ0) is 16.8. The van der Waals surface area contributed by atoms with Gasteiger partial charge in [0.25, 0.3) is 5.91 Å². The molecule has 0 aromatic heterocycles. The fourth-order valence-corrected chi connectivity index (χ4v) is 2.89. The van der Waals surface area contributed by atoms with Crippen LogP contribution in [0.1, 0.15) is 42.6 Å². The number of aryl methyl sites for hydroxylation is 1. The molecule has 1 saturated heterocycles. The first kappa shape index (κ1) is 17.9. The summed E-state index contributed by atoms with van der Waals surface area (Å²) in [6, 6.07) is 7.56. The molecule has 3 atom stereocenters. The molecule has 0 aliphatic carbocycles. The number of aliphatic hydroxyl groups excluding tert-OH is 1. The van der Waals surface area contributed by atoms with E-state index in [1.165, 1.54) is 0 Å². The zero-order valence-electron chi connectivity index (χ0n) is 14.2. The molecule has 0 saturated carbocycles. The van der Waals surface area contributed by atoms with Crippen LogP contribution < -0.4 is 10.6 Å². The minimum atomic E-state index is -0.748. The number of carbonyl (C=O) groups excluding carboxylic acids is 1. The Morgan fingerprint density at radius 2 is 2.22 bits per heavy atom. The van der Waals surface area contributed by atoms with Crippen LogP contribution in [0.2, 0.25) is 0 Å². The maximum atomic E-state index is 12.4. The predicted octanol–water partition coefficient (Wildman–Crippen LogP) is 1.84. The highest BCUT2D eigenvalue weighted by molar-refractivity contribution is 5.94. The van der Waals surface area contributed by atoms with Gasteiger partial charge < -0.3 is 20.5 Å². The third-order valence-corrected chi connectivity index (χ3v) is 4.06. The number of benzene rings is 1. The molecular formula is C18H28N2O3. The van der Waals surface area contributed by atoms with Gasteiger partial charge in [-0.15, -0.1) is 0 Å². The molecule has 2 rings (SSSR count). The van der Waals surface area contributed by atoms with Crippen molar-refractivity contribution in [1.82, 2.24) is 10.6 Å². The number of aliphatic hydroxyl groups is 1. The highest BCUT2D eigenvalue weighted by Gasteiger charge is 2.26. The largest absolute Gasteiger partial charge is 0.367 e. The molecule has 1 amide bonds. The molecule has 1 heterocycles. The SMILES string of the molecule is Cc1cccc(C(=O)N[C@@H](CN[C@H]2CCOC2O)CC(C)C)c1. The Kier molecular flexibility index (Phi) is 6.57. The number of nitrogens with one attached hydrogen (secondary N) is 2. The molecule has 5 heteroatoms. The van der Waals surface area contributed by atoms with E-state index in [1.807, 2.05) is 31.2 Å². The molecule has 0 bridgehead atoms. The van der Waals surface area contributed by atoms with Gasteiger partial charge in [0.15, 0.2) is 6.29 Å². The van der Waals surface area contributed by atoms with Gasteiger partial charge in [-0.3, -0.25) is 4.79 Å². The summed E-state index contributed by atoms with van der Waals surface area (Å²) >= 11 is 0. The van der Waals surface area contributed by atoms with E-state index in [-0.39, 0.29) is 18.0 Å². The smallest absolute Gasteiger partial charge is 0.251 e. The van der Waals surface area contributed by atoms with E-state index in [1.54, 1.807) is 0 Å². The third-order valence-electron chi connectivity index (χ3n) is 4.06. The van der Waals surface area contributed by atoms with E-state index < -0.39 is 6.29 Å². The molecule has 1 unspecified atom stereocenters. The van der Waals surface area contributed by atoms with E-state index in [0.29, 0.717) is 24.6 Å². The summed E-state index contributed by atoms with van der Waals surface area (Å²) in [6.07, 6.45) is 0.928. The van der Waals surface area contributed by atoms with Crippen molar-refractivity contribution in [3.63, 3.8) is 0 Å². The Balaban J connectivity index is 1.93. The van der Waals surface area contributed by atoms with Gasteiger partial charge in [-0.05, 0) is 37.8 Å². The molecule has 23 heavy (non-hydrogen) atoms. The topological polar surface area (TPSA) is 70.6 Å². The zero-order valence-corrected chi connectivity index (χ0v) is 14.2. The number of hydrogen-bond donors (Lipinski definition) is 3. The highest BCUT2D eigenvalue weighted by atomic mass is 16.6. The number of rotatable bonds is 7. The Bertz CT molecular complexity index is 519. The lowest BCUT2D eigenvalue weighted by molar-refractivity contribution is -0.0718. The van der Waals surface area contributed by atoms with Crippen LogP contribution >= 0.6 is 0 Å². The maximum Gasteiger partial charge on any atom is 0.251 e. The lowest BCUT2D eigenvalue weighted by Gasteiger charge is -2.24. The number of ether oxygens (including phenoxy) is 1. The highest BCUT2D eigenvalue weighted by Crippen LogP contribution is 2.12. The predicted molar refractivity (Wildman–Crippen MR) is 90.3 cm³/mol. The van der Waals surface area contributed by atoms with E-state index in [0.717, 1.165) is 18.4 Å². The Morgan fingerprint density at radius 1 is 1.43 bits per heavy atom. The Hall–Kier alpha value is -1.43. The van der Waals surface area contributed by atoms with Crippen molar-refractivity contribution in [2.75, 3.05) is 13.2 Å². The lowest BCUT2D eigenvalue weighted by Crippen LogP contribution is -2.47. The summed E-state index contributed by atoms with van der Waals surface area (Å²) in [5.41, 5.74) is 1.76.